The van der Waals surface area contributed by atoms with E-state index in [9.17, 15) is 9.59 Å². The predicted molar refractivity (Wildman–Crippen MR) is 132 cm³/mol. The van der Waals surface area contributed by atoms with Gasteiger partial charge in [0.1, 0.15) is 11.5 Å². The van der Waals surface area contributed by atoms with Crippen LogP contribution in [-0.4, -0.2) is 18.5 Å². The Morgan fingerprint density at radius 1 is 0.879 bits per heavy atom. The van der Waals surface area contributed by atoms with Gasteiger partial charge in [0.25, 0.3) is 5.91 Å². The third-order valence-corrected chi connectivity index (χ3v) is 5.89. The molecule has 1 N–H and O–H groups in total. The van der Waals surface area contributed by atoms with Crippen LogP contribution in [-0.2, 0) is 4.79 Å². The van der Waals surface area contributed by atoms with Gasteiger partial charge in [-0.05, 0) is 86.0 Å². The van der Waals surface area contributed by atoms with E-state index in [4.69, 9.17) is 44.3 Å². The van der Waals surface area contributed by atoms with Crippen molar-refractivity contribution in [1.82, 2.24) is 0 Å². The molecule has 0 radical (unpaired) electrons. The number of carbonyl (C=O) groups is 2. The molecule has 0 spiro atoms. The summed E-state index contributed by atoms with van der Waals surface area (Å²) in [5, 5.41) is 4.26. The molecule has 0 aromatic heterocycles. The highest BCUT2D eigenvalue weighted by Gasteiger charge is 2.11. The maximum absolute atomic E-state index is 12.4. The smallest absolute Gasteiger partial charge is 0.311 e. The Morgan fingerprint density at radius 2 is 1.55 bits per heavy atom. The summed E-state index contributed by atoms with van der Waals surface area (Å²) in [5.74, 6) is 0.324. The van der Waals surface area contributed by atoms with Crippen LogP contribution < -0.4 is 14.8 Å². The van der Waals surface area contributed by atoms with Crippen LogP contribution in [0.1, 0.15) is 34.3 Å². The number of hydrogen-bond donors (Lipinski definition) is 1. The lowest BCUT2D eigenvalue weighted by molar-refractivity contribution is -0.134. The fourth-order valence-corrected chi connectivity index (χ4v) is 3.49. The van der Waals surface area contributed by atoms with Gasteiger partial charge in [-0.25, -0.2) is 0 Å². The van der Waals surface area contributed by atoms with Gasteiger partial charge in [0.05, 0.1) is 17.3 Å². The summed E-state index contributed by atoms with van der Waals surface area (Å²) in [5.41, 5.74) is 2.68. The Hall–Kier alpha value is -2.73. The molecule has 0 unspecified atom stereocenters. The molecule has 0 bridgehead atoms. The number of anilines is 1. The molecule has 0 saturated carbocycles. The number of rotatable bonds is 8. The fourth-order valence-electron chi connectivity index (χ4n) is 3.04. The summed E-state index contributed by atoms with van der Waals surface area (Å²) in [7, 11) is 0. The summed E-state index contributed by atoms with van der Waals surface area (Å²) in [6.45, 7) is 4.21. The highest BCUT2D eigenvalue weighted by molar-refractivity contribution is 6.36. The van der Waals surface area contributed by atoms with Gasteiger partial charge >= 0.3 is 5.97 Å². The van der Waals surface area contributed by atoms with Gasteiger partial charge in [0.2, 0.25) is 0 Å². The van der Waals surface area contributed by atoms with E-state index in [1.54, 1.807) is 42.5 Å². The van der Waals surface area contributed by atoms with Crippen molar-refractivity contribution in [1.29, 1.82) is 0 Å². The number of carbonyl (C=O) groups excluding carboxylic acids is 2. The molecule has 3 rings (SSSR count). The first-order valence-electron chi connectivity index (χ1n) is 10.2. The predicted octanol–water partition coefficient (Wildman–Crippen LogP) is 7.28. The normalized spacial score (nSPS) is 10.6. The molecule has 0 aliphatic heterocycles. The molecule has 1 amide bonds. The summed E-state index contributed by atoms with van der Waals surface area (Å²) >= 11 is 18.2. The zero-order valence-corrected chi connectivity index (χ0v) is 20.4. The van der Waals surface area contributed by atoms with Crippen LogP contribution in [0, 0.1) is 13.8 Å². The topological polar surface area (TPSA) is 64.6 Å². The van der Waals surface area contributed by atoms with Crippen molar-refractivity contribution in [2.45, 2.75) is 26.7 Å². The van der Waals surface area contributed by atoms with Crippen molar-refractivity contribution in [2.24, 2.45) is 0 Å². The standard InChI is InChI=1S/C25H22Cl3NO4/c1-15-12-20(13-16(2)24(15)28)32-11-3-4-23(30)33-19-8-5-17(6-9-19)25(31)29-22-14-18(26)7-10-21(22)27/h5-10,12-14H,3-4,11H2,1-2H3,(H,29,31). The number of hydrogen-bond acceptors (Lipinski definition) is 4. The number of ether oxygens (including phenoxy) is 2. The lowest BCUT2D eigenvalue weighted by atomic mass is 10.1. The SMILES string of the molecule is Cc1cc(OCCCC(=O)Oc2ccc(C(=O)Nc3cc(Cl)ccc3Cl)cc2)cc(C)c1Cl. The number of amides is 1. The molecular formula is C25H22Cl3NO4. The van der Waals surface area contributed by atoms with Crippen LogP contribution in [0.3, 0.4) is 0 Å². The van der Waals surface area contributed by atoms with E-state index in [1.165, 1.54) is 0 Å². The Morgan fingerprint density at radius 3 is 2.21 bits per heavy atom. The molecular weight excluding hydrogens is 485 g/mol. The first-order valence-corrected chi connectivity index (χ1v) is 11.3. The van der Waals surface area contributed by atoms with E-state index in [0.717, 1.165) is 21.9 Å². The van der Waals surface area contributed by atoms with Gasteiger partial charge in [-0.1, -0.05) is 34.8 Å². The van der Waals surface area contributed by atoms with E-state index in [-0.39, 0.29) is 18.3 Å². The van der Waals surface area contributed by atoms with Crippen LogP contribution in [0.4, 0.5) is 5.69 Å². The highest BCUT2D eigenvalue weighted by atomic mass is 35.5. The second kappa shape index (κ2) is 11.4. The highest BCUT2D eigenvalue weighted by Crippen LogP contribution is 2.27. The zero-order chi connectivity index (χ0) is 24.0. The van der Waals surface area contributed by atoms with Crippen LogP contribution in [0.2, 0.25) is 15.1 Å². The van der Waals surface area contributed by atoms with Gasteiger partial charge < -0.3 is 14.8 Å². The molecule has 8 heteroatoms. The van der Waals surface area contributed by atoms with Crippen molar-refractivity contribution in [3.05, 3.63) is 86.4 Å². The lowest BCUT2D eigenvalue weighted by Gasteiger charge is -2.10. The van der Waals surface area contributed by atoms with Gasteiger partial charge in [-0.15, -0.1) is 0 Å². The first-order chi connectivity index (χ1) is 15.7. The molecule has 0 aliphatic carbocycles. The molecule has 33 heavy (non-hydrogen) atoms. The van der Waals surface area contributed by atoms with E-state index in [1.807, 2.05) is 26.0 Å². The number of esters is 1. The van der Waals surface area contributed by atoms with Crippen molar-refractivity contribution in [3.63, 3.8) is 0 Å². The molecule has 3 aromatic rings. The average molecular weight is 507 g/mol. The van der Waals surface area contributed by atoms with E-state index in [0.29, 0.717) is 40.1 Å². The Balaban J connectivity index is 1.46. The quantitative estimate of drug-likeness (QED) is 0.198. The molecule has 172 valence electrons. The Bertz CT molecular complexity index is 1140. The van der Waals surface area contributed by atoms with Gasteiger partial charge in [-0.2, -0.15) is 0 Å². The molecule has 0 aliphatic rings. The second-order valence-corrected chi connectivity index (χ2v) is 8.62. The zero-order valence-electron chi connectivity index (χ0n) is 18.1. The fraction of sp³-hybridized carbons (Fsp3) is 0.200. The van der Waals surface area contributed by atoms with Crippen LogP contribution in [0.5, 0.6) is 11.5 Å². The molecule has 5 nitrogen and oxygen atoms in total. The lowest BCUT2D eigenvalue weighted by Crippen LogP contribution is -2.13. The minimum atomic E-state index is -0.384. The molecule has 0 fully saturated rings. The van der Waals surface area contributed by atoms with Crippen molar-refractivity contribution in [3.8, 4) is 11.5 Å². The number of aryl methyl sites for hydroxylation is 2. The third kappa shape index (κ3) is 7.13. The summed E-state index contributed by atoms with van der Waals surface area (Å²) in [6.07, 6.45) is 0.696. The Labute approximate surface area is 207 Å². The number of halogens is 3. The van der Waals surface area contributed by atoms with Gasteiger partial charge in [0.15, 0.2) is 0 Å². The van der Waals surface area contributed by atoms with Gasteiger partial charge in [0, 0.05) is 22.0 Å². The van der Waals surface area contributed by atoms with Crippen molar-refractivity contribution in [2.75, 3.05) is 11.9 Å². The van der Waals surface area contributed by atoms with Crippen molar-refractivity contribution >= 4 is 52.4 Å². The maximum atomic E-state index is 12.4. The maximum Gasteiger partial charge on any atom is 0.311 e. The number of benzene rings is 3. The van der Waals surface area contributed by atoms with E-state index in [2.05, 4.69) is 5.32 Å². The van der Waals surface area contributed by atoms with Gasteiger partial charge in [-0.3, -0.25) is 9.59 Å². The largest absolute Gasteiger partial charge is 0.494 e. The third-order valence-electron chi connectivity index (χ3n) is 4.73. The summed E-state index contributed by atoms with van der Waals surface area (Å²) in [4.78, 5) is 24.5. The summed E-state index contributed by atoms with van der Waals surface area (Å²) < 4.78 is 11.0. The van der Waals surface area contributed by atoms with Crippen LogP contribution in [0.25, 0.3) is 0 Å². The molecule has 0 saturated heterocycles. The monoisotopic (exact) mass is 505 g/mol. The first kappa shape index (κ1) is 24.9. The summed E-state index contributed by atoms with van der Waals surface area (Å²) in [6, 6.07) is 14.8. The van der Waals surface area contributed by atoms with Crippen LogP contribution >= 0.6 is 34.8 Å². The van der Waals surface area contributed by atoms with Crippen LogP contribution in [0.15, 0.2) is 54.6 Å². The Kier molecular flexibility index (Phi) is 8.61. The molecule has 0 heterocycles. The minimum Gasteiger partial charge on any atom is -0.494 e. The van der Waals surface area contributed by atoms with E-state index < -0.39 is 0 Å². The number of nitrogens with one attached hydrogen (secondary N) is 1. The average Bonchev–Trinajstić information content (AvgIpc) is 2.78. The molecule has 3 aromatic carbocycles. The van der Waals surface area contributed by atoms with E-state index >= 15 is 0 Å². The second-order valence-electron chi connectivity index (χ2n) is 7.40. The minimum absolute atomic E-state index is 0.195. The van der Waals surface area contributed by atoms with Crippen molar-refractivity contribution < 1.29 is 19.1 Å². The molecule has 0 atom stereocenters.